The van der Waals surface area contributed by atoms with E-state index in [9.17, 15) is 0 Å². The number of ether oxygens (including phenoxy) is 2. The van der Waals surface area contributed by atoms with E-state index in [-0.39, 0.29) is 12.4 Å². The Bertz CT molecular complexity index is 428. The predicted molar refractivity (Wildman–Crippen MR) is 77.4 cm³/mol. The average molecular weight is 285 g/mol. The molecular formula is C14H21ClN2O2. The van der Waals surface area contributed by atoms with Crippen LogP contribution in [0.1, 0.15) is 12.5 Å². The Balaban J connectivity index is 0.00000133. The lowest BCUT2D eigenvalue weighted by molar-refractivity contribution is 0.162. The largest absolute Gasteiger partial charge is 0.486 e. The van der Waals surface area contributed by atoms with Crippen molar-refractivity contribution in [1.82, 2.24) is 10.2 Å². The van der Waals surface area contributed by atoms with E-state index in [1.807, 2.05) is 6.07 Å². The van der Waals surface area contributed by atoms with Crippen molar-refractivity contribution < 1.29 is 9.47 Å². The van der Waals surface area contributed by atoms with Crippen LogP contribution in [0, 0.1) is 0 Å². The van der Waals surface area contributed by atoms with Gasteiger partial charge in [-0.25, -0.2) is 0 Å². The second kappa shape index (κ2) is 6.46. The average Bonchev–Trinajstić information content (AvgIpc) is 2.39. The van der Waals surface area contributed by atoms with Crippen LogP contribution in [0.25, 0.3) is 0 Å². The number of hydrogen-bond acceptors (Lipinski definition) is 4. The summed E-state index contributed by atoms with van der Waals surface area (Å²) in [6.07, 6.45) is 0. The summed E-state index contributed by atoms with van der Waals surface area (Å²) < 4.78 is 11.4. The zero-order valence-electron chi connectivity index (χ0n) is 11.2. The molecule has 0 aliphatic carbocycles. The van der Waals surface area contributed by atoms with E-state index in [4.69, 9.17) is 9.47 Å². The highest BCUT2D eigenvalue weighted by atomic mass is 35.5. The van der Waals surface area contributed by atoms with E-state index in [1.54, 1.807) is 0 Å². The molecule has 1 N–H and O–H groups in total. The second-order valence-electron chi connectivity index (χ2n) is 5.03. The first-order valence-electron chi connectivity index (χ1n) is 6.66. The molecule has 2 aliphatic heterocycles. The third kappa shape index (κ3) is 3.32. The zero-order valence-corrected chi connectivity index (χ0v) is 12.0. The van der Waals surface area contributed by atoms with E-state index in [0.29, 0.717) is 19.3 Å². The van der Waals surface area contributed by atoms with Gasteiger partial charge in [-0.2, -0.15) is 0 Å². The van der Waals surface area contributed by atoms with Crippen LogP contribution in [0.15, 0.2) is 18.2 Å². The molecule has 1 unspecified atom stereocenters. The number of halogens is 1. The number of hydrogen-bond donors (Lipinski definition) is 1. The fourth-order valence-electron chi connectivity index (χ4n) is 2.66. The van der Waals surface area contributed by atoms with Crippen molar-refractivity contribution in [3.8, 4) is 11.5 Å². The standard InChI is InChI=1S/C14H20N2O2.ClH/c1-11-9-16(6-5-15-11)10-12-3-2-4-13-14(12)18-8-7-17-13;/h2-4,11,15H,5-10H2,1H3;1H. The number of fused-ring (bicyclic) bond motifs is 1. The van der Waals surface area contributed by atoms with Crippen molar-refractivity contribution in [3.05, 3.63) is 23.8 Å². The molecule has 5 heteroatoms. The summed E-state index contributed by atoms with van der Waals surface area (Å²) >= 11 is 0. The van der Waals surface area contributed by atoms with Crippen LogP contribution in [0.4, 0.5) is 0 Å². The van der Waals surface area contributed by atoms with Gasteiger partial charge in [-0.05, 0) is 13.0 Å². The highest BCUT2D eigenvalue weighted by Gasteiger charge is 2.20. The van der Waals surface area contributed by atoms with Gasteiger partial charge < -0.3 is 14.8 Å². The van der Waals surface area contributed by atoms with Gasteiger partial charge in [0.1, 0.15) is 13.2 Å². The number of nitrogens with one attached hydrogen (secondary N) is 1. The molecule has 1 aromatic carbocycles. The summed E-state index contributed by atoms with van der Waals surface area (Å²) in [6.45, 7) is 7.72. The minimum atomic E-state index is 0. The maximum atomic E-state index is 5.76. The van der Waals surface area contributed by atoms with Gasteiger partial charge in [0.25, 0.3) is 0 Å². The lowest BCUT2D eigenvalue weighted by Crippen LogP contribution is -2.48. The molecule has 1 aromatic rings. The molecule has 0 spiro atoms. The Kier molecular flexibility index (Phi) is 4.91. The van der Waals surface area contributed by atoms with Crippen LogP contribution in [0.3, 0.4) is 0 Å². The highest BCUT2D eigenvalue weighted by Crippen LogP contribution is 2.34. The van der Waals surface area contributed by atoms with Crippen molar-refractivity contribution in [3.63, 3.8) is 0 Å². The third-order valence-corrected chi connectivity index (χ3v) is 3.49. The van der Waals surface area contributed by atoms with Crippen LogP contribution in [0.2, 0.25) is 0 Å². The number of para-hydroxylation sites is 1. The van der Waals surface area contributed by atoms with Crippen LogP contribution in [-0.4, -0.2) is 43.8 Å². The molecule has 2 heterocycles. The number of nitrogens with zero attached hydrogens (tertiary/aromatic N) is 1. The fourth-order valence-corrected chi connectivity index (χ4v) is 2.66. The van der Waals surface area contributed by atoms with Gasteiger partial charge in [0.2, 0.25) is 0 Å². The van der Waals surface area contributed by atoms with Crippen molar-refractivity contribution in [2.45, 2.75) is 19.5 Å². The van der Waals surface area contributed by atoms with E-state index in [1.165, 1.54) is 5.56 Å². The number of rotatable bonds is 2. The van der Waals surface area contributed by atoms with Crippen LogP contribution < -0.4 is 14.8 Å². The molecule has 3 rings (SSSR count). The molecule has 0 saturated carbocycles. The summed E-state index contributed by atoms with van der Waals surface area (Å²) in [5, 5.41) is 3.46. The Morgan fingerprint density at radius 2 is 2.16 bits per heavy atom. The van der Waals surface area contributed by atoms with Gasteiger partial charge in [0.05, 0.1) is 0 Å². The normalized spacial score (nSPS) is 22.7. The lowest BCUT2D eigenvalue weighted by Gasteiger charge is -2.32. The summed E-state index contributed by atoms with van der Waals surface area (Å²) in [4.78, 5) is 2.47. The number of piperazine rings is 1. The molecule has 2 aliphatic rings. The first-order chi connectivity index (χ1) is 8.83. The van der Waals surface area contributed by atoms with Gasteiger partial charge >= 0.3 is 0 Å². The van der Waals surface area contributed by atoms with Crippen LogP contribution in [-0.2, 0) is 6.54 Å². The molecule has 19 heavy (non-hydrogen) atoms. The zero-order chi connectivity index (χ0) is 12.4. The Morgan fingerprint density at radius 1 is 1.32 bits per heavy atom. The van der Waals surface area contributed by atoms with Crippen molar-refractivity contribution in [2.24, 2.45) is 0 Å². The van der Waals surface area contributed by atoms with Crippen molar-refractivity contribution in [1.29, 1.82) is 0 Å². The van der Waals surface area contributed by atoms with E-state index in [0.717, 1.165) is 37.7 Å². The molecule has 1 fully saturated rings. The maximum Gasteiger partial charge on any atom is 0.165 e. The van der Waals surface area contributed by atoms with Crippen molar-refractivity contribution >= 4 is 12.4 Å². The molecule has 1 atom stereocenters. The highest BCUT2D eigenvalue weighted by molar-refractivity contribution is 5.85. The minimum Gasteiger partial charge on any atom is -0.486 e. The molecule has 1 saturated heterocycles. The van der Waals surface area contributed by atoms with E-state index >= 15 is 0 Å². The molecule has 0 amide bonds. The SMILES string of the molecule is CC1CN(Cc2cccc3c2OCCO3)CCN1.Cl. The molecule has 0 bridgehead atoms. The van der Waals surface area contributed by atoms with E-state index < -0.39 is 0 Å². The molecule has 0 radical (unpaired) electrons. The minimum absolute atomic E-state index is 0. The Labute approximate surface area is 120 Å². The lowest BCUT2D eigenvalue weighted by atomic mass is 10.1. The van der Waals surface area contributed by atoms with Gasteiger partial charge in [0, 0.05) is 37.8 Å². The van der Waals surface area contributed by atoms with Gasteiger partial charge in [-0.3, -0.25) is 4.90 Å². The van der Waals surface area contributed by atoms with Gasteiger partial charge in [-0.1, -0.05) is 12.1 Å². The number of benzene rings is 1. The van der Waals surface area contributed by atoms with Gasteiger partial charge in [0.15, 0.2) is 11.5 Å². The monoisotopic (exact) mass is 284 g/mol. The summed E-state index contributed by atoms with van der Waals surface area (Å²) in [5.41, 5.74) is 1.24. The predicted octanol–water partition coefficient (Wildman–Crippen LogP) is 1.67. The summed E-state index contributed by atoms with van der Waals surface area (Å²) in [6, 6.07) is 6.74. The Hall–Kier alpha value is -0.970. The van der Waals surface area contributed by atoms with Crippen LogP contribution in [0.5, 0.6) is 11.5 Å². The first kappa shape index (κ1) is 14.4. The van der Waals surface area contributed by atoms with Crippen LogP contribution >= 0.6 is 12.4 Å². The Morgan fingerprint density at radius 3 is 3.00 bits per heavy atom. The summed E-state index contributed by atoms with van der Waals surface area (Å²) in [7, 11) is 0. The topological polar surface area (TPSA) is 33.7 Å². The van der Waals surface area contributed by atoms with Gasteiger partial charge in [-0.15, -0.1) is 12.4 Å². The first-order valence-corrected chi connectivity index (χ1v) is 6.66. The van der Waals surface area contributed by atoms with E-state index in [2.05, 4.69) is 29.3 Å². The molecule has 106 valence electrons. The maximum absolute atomic E-state index is 5.76. The second-order valence-corrected chi connectivity index (χ2v) is 5.03. The molecule has 0 aromatic heterocycles. The summed E-state index contributed by atoms with van der Waals surface area (Å²) in [5.74, 6) is 1.83. The fraction of sp³-hybridized carbons (Fsp3) is 0.571. The smallest absolute Gasteiger partial charge is 0.165 e. The van der Waals surface area contributed by atoms with Crippen molar-refractivity contribution in [2.75, 3.05) is 32.8 Å². The third-order valence-electron chi connectivity index (χ3n) is 3.49. The quantitative estimate of drug-likeness (QED) is 0.896. The molecular weight excluding hydrogens is 264 g/mol. The molecule has 4 nitrogen and oxygen atoms in total.